The Labute approximate surface area is 462 Å². The lowest BCUT2D eigenvalue weighted by molar-refractivity contribution is -0.197. The van der Waals surface area contributed by atoms with Crippen molar-refractivity contribution in [2.45, 2.75) is 92.4 Å². The van der Waals surface area contributed by atoms with Gasteiger partial charge in [0, 0.05) is 39.3 Å². The van der Waals surface area contributed by atoms with E-state index in [2.05, 4.69) is 61.8 Å². The number of aliphatic hydroxyl groups excluding tert-OH is 2. The molecule has 11 rings (SSSR count). The van der Waals surface area contributed by atoms with Gasteiger partial charge in [-0.2, -0.15) is 8.61 Å². The summed E-state index contributed by atoms with van der Waals surface area (Å²) in [7, 11) is -7.69. The number of benzene rings is 2. The zero-order valence-electron chi connectivity index (χ0n) is 43.7. The molecule has 0 bridgehead atoms. The third kappa shape index (κ3) is 11.2. The van der Waals surface area contributed by atoms with Crippen LogP contribution in [0.1, 0.15) is 40.2 Å². The Balaban J connectivity index is 0.000000182. The topological polar surface area (TPSA) is 380 Å². The number of aromatic nitrogens is 8. The number of anilines is 4. The van der Waals surface area contributed by atoms with Crippen LogP contribution in [-0.4, -0.2) is 180 Å². The number of rotatable bonds is 14. The molecule has 2 aromatic carbocycles. The van der Waals surface area contributed by atoms with E-state index in [0.717, 1.165) is 6.33 Å². The van der Waals surface area contributed by atoms with Crippen molar-refractivity contribution in [1.82, 2.24) is 58.3 Å². The van der Waals surface area contributed by atoms with Crippen LogP contribution < -0.4 is 31.9 Å². The Morgan fingerprint density at radius 2 is 1.01 bits per heavy atom. The molecule has 3 saturated heterocycles. The number of nitrogens with zero attached hydrogens (tertiary/aromatic N) is 10. The number of carbonyl (C=O) groups excluding carboxylic acids is 4. The first-order chi connectivity index (χ1) is 38.8. The number of para-hydroxylation sites is 2. The highest BCUT2D eigenvalue weighted by atomic mass is 32.2. The van der Waals surface area contributed by atoms with Crippen LogP contribution in [0.15, 0.2) is 108 Å². The first kappa shape index (κ1) is 56.4. The Kier molecular flexibility index (Phi) is 15.9. The van der Waals surface area contributed by atoms with E-state index in [0.29, 0.717) is 18.7 Å². The van der Waals surface area contributed by atoms with Crippen molar-refractivity contribution < 1.29 is 65.2 Å². The summed E-state index contributed by atoms with van der Waals surface area (Å²) in [5, 5.41) is 36.5. The van der Waals surface area contributed by atoms with Gasteiger partial charge in [0.25, 0.3) is 11.8 Å². The number of carbonyl (C=O) groups is 4. The number of aliphatic hydroxyl groups is 2. The van der Waals surface area contributed by atoms with Gasteiger partial charge in [0.1, 0.15) is 46.9 Å². The molecule has 0 aliphatic carbocycles. The van der Waals surface area contributed by atoms with E-state index in [1.54, 1.807) is 73.9 Å². The predicted molar refractivity (Wildman–Crippen MR) is 286 cm³/mol. The number of ether oxygens (including phenoxy) is 4. The van der Waals surface area contributed by atoms with Gasteiger partial charge in [0.05, 0.1) is 24.0 Å². The zero-order chi connectivity index (χ0) is 57.4. The molecule has 81 heavy (non-hydrogen) atoms. The lowest BCUT2D eigenvalue weighted by Crippen LogP contribution is -2.42. The van der Waals surface area contributed by atoms with Crippen molar-refractivity contribution in [3.63, 3.8) is 0 Å². The lowest BCUT2D eigenvalue weighted by atomic mass is 10.1. The molecule has 0 saturated carbocycles. The normalized spacial score (nSPS) is 24.2. The fourth-order valence-electron chi connectivity index (χ4n) is 9.63. The van der Waals surface area contributed by atoms with Gasteiger partial charge in [-0.25, -0.2) is 56.3 Å². The molecule has 6 amide bonds. The average Bonchev–Trinajstić information content (AvgIpc) is 4.47. The van der Waals surface area contributed by atoms with Crippen molar-refractivity contribution in [2.75, 3.05) is 60.5 Å². The number of sulfonamides is 2. The molecule has 0 unspecified atom stereocenters. The molecule has 5 aliphatic rings. The minimum atomic E-state index is -3.85. The van der Waals surface area contributed by atoms with Crippen LogP contribution >= 0.6 is 0 Å². The van der Waals surface area contributed by atoms with Crippen molar-refractivity contribution >= 4 is 89.3 Å². The van der Waals surface area contributed by atoms with Gasteiger partial charge >= 0.3 is 12.1 Å². The fourth-order valence-corrected chi connectivity index (χ4v) is 12.6. The molecular formula is C49H56N16O14S2. The molecule has 6 aromatic rings. The highest BCUT2D eigenvalue weighted by molar-refractivity contribution is 7.89. The summed E-state index contributed by atoms with van der Waals surface area (Å²) >= 11 is 0. The summed E-state index contributed by atoms with van der Waals surface area (Å²) in [6.07, 6.45) is 3.69. The van der Waals surface area contributed by atoms with E-state index in [9.17, 15) is 46.2 Å². The highest BCUT2D eigenvalue weighted by Gasteiger charge is 2.58. The molecule has 4 aromatic heterocycles. The first-order valence-corrected chi connectivity index (χ1v) is 28.3. The summed E-state index contributed by atoms with van der Waals surface area (Å²) in [5.74, 6) is -1.76. The SMILES string of the molecule is CCNC(=O)[C@H]1O[C@@H](n2cnc3c(NC(=O)Nc4ccccc4S(=O)(=O)N4CC=CC4)ncnc32)[C@@H]2OC(C)(C)O[C@@H]21.CCNC(=O)[C@H]1O[C@@H](n2cnc3c(NC(=O)Nc4ccccc4S(=O)(=O)N4CC=CC4)ncnc32)[C@H](O)[C@@H]1O. The van der Waals surface area contributed by atoms with Crippen LogP contribution in [0.25, 0.3) is 22.3 Å². The number of hydrogen-bond acceptors (Lipinski definition) is 20. The predicted octanol–water partition coefficient (Wildman–Crippen LogP) is 1.37. The standard InChI is InChI=1S/C26H30N8O7S.C23H26N8O7S/c1-4-27-23(35)19-18-20(41-26(2,3)40-18)24(39-19)34-14-30-17-21(28-13-29-22(17)34)32-25(36)31-15-9-5-6-10-16(15)42(37,38)33-11-7-8-12-33;1-2-24-21(34)18-16(32)17(33)22(38-18)31-12-27-15-19(25-11-26-20(15)31)29-23(35)28-13-7-3-4-8-14(13)39(36,37)30-9-5-6-10-30/h5-10,13-14,18-20,24H,4,11-12H2,1-3H3,(H,27,35)(H2,28,29,31,32,36);3-8,11-12,16-18,22,32-33H,2,9-10H2,1H3,(H,24,34)(H2,25,26,28,29,35)/t18-,19+,20-,24-;16-,17+,18-,22+/m10/s1. The van der Waals surface area contributed by atoms with Gasteiger partial charge in [-0.05, 0) is 52.0 Å². The first-order valence-electron chi connectivity index (χ1n) is 25.4. The van der Waals surface area contributed by atoms with Gasteiger partial charge in [0.2, 0.25) is 20.0 Å². The molecule has 0 spiro atoms. The second kappa shape index (κ2) is 22.9. The number of likely N-dealkylation sites (N-methyl/N-ethyl adjacent to an activating group) is 2. The Morgan fingerprint density at radius 1 is 0.580 bits per heavy atom. The van der Waals surface area contributed by atoms with E-state index in [4.69, 9.17) is 18.9 Å². The van der Waals surface area contributed by atoms with Gasteiger partial charge in [-0.1, -0.05) is 48.6 Å². The number of urea groups is 2. The van der Waals surface area contributed by atoms with Crippen LogP contribution in [-0.2, 0) is 48.6 Å². The van der Waals surface area contributed by atoms with Crippen LogP contribution in [0.4, 0.5) is 32.6 Å². The van der Waals surface area contributed by atoms with E-state index in [-0.39, 0.29) is 81.6 Å². The van der Waals surface area contributed by atoms with E-state index >= 15 is 0 Å². The molecule has 0 radical (unpaired) electrons. The van der Waals surface area contributed by atoms with E-state index < -0.39 is 92.9 Å². The maximum Gasteiger partial charge on any atom is 0.324 e. The number of imidazole rings is 2. The number of amides is 6. The summed E-state index contributed by atoms with van der Waals surface area (Å²) in [6, 6.07) is 10.7. The Hall–Kier alpha value is -7.92. The van der Waals surface area contributed by atoms with E-state index in [1.807, 2.05) is 6.92 Å². The van der Waals surface area contributed by atoms with Crippen LogP contribution in [0.5, 0.6) is 0 Å². The average molecular weight is 1160 g/mol. The van der Waals surface area contributed by atoms with Crippen molar-refractivity contribution in [1.29, 1.82) is 0 Å². The number of nitrogens with one attached hydrogen (secondary N) is 6. The van der Waals surface area contributed by atoms with Crippen LogP contribution in [0, 0.1) is 0 Å². The van der Waals surface area contributed by atoms with Gasteiger partial charge < -0.3 is 50.4 Å². The Bertz CT molecular complexity index is 3670. The minimum Gasteiger partial charge on any atom is -0.387 e. The van der Waals surface area contributed by atoms with Gasteiger partial charge in [-0.3, -0.25) is 29.4 Å². The molecule has 8 atom stereocenters. The summed E-state index contributed by atoms with van der Waals surface area (Å²) in [4.78, 5) is 76.1. The number of hydrogen-bond donors (Lipinski definition) is 8. The third-order valence-electron chi connectivity index (χ3n) is 13.3. The van der Waals surface area contributed by atoms with Crippen LogP contribution in [0.2, 0.25) is 0 Å². The van der Waals surface area contributed by atoms with Crippen molar-refractivity contribution in [3.8, 4) is 0 Å². The molecule has 428 valence electrons. The van der Waals surface area contributed by atoms with Crippen molar-refractivity contribution in [3.05, 3.63) is 98.1 Å². The molecule has 8 N–H and O–H groups in total. The van der Waals surface area contributed by atoms with Crippen LogP contribution in [0.3, 0.4) is 0 Å². The monoisotopic (exact) mass is 1160 g/mol. The zero-order valence-corrected chi connectivity index (χ0v) is 45.3. The molecule has 5 aliphatic heterocycles. The van der Waals surface area contributed by atoms with Crippen molar-refractivity contribution in [2.24, 2.45) is 0 Å². The lowest BCUT2D eigenvalue weighted by Gasteiger charge is -2.24. The molecule has 30 nitrogen and oxygen atoms in total. The molecule has 9 heterocycles. The van der Waals surface area contributed by atoms with Gasteiger partial charge in [0.15, 0.2) is 64.4 Å². The largest absolute Gasteiger partial charge is 0.387 e. The second-order valence-electron chi connectivity index (χ2n) is 19.1. The third-order valence-corrected chi connectivity index (χ3v) is 17.1. The molecular weight excluding hydrogens is 1100 g/mol. The molecule has 3 fully saturated rings. The number of fused-ring (bicyclic) bond motifs is 3. The highest BCUT2D eigenvalue weighted by Crippen LogP contribution is 2.44. The maximum absolute atomic E-state index is 13.1. The summed E-state index contributed by atoms with van der Waals surface area (Å²) < 4.78 is 81.7. The summed E-state index contributed by atoms with van der Waals surface area (Å²) in [6.45, 7) is 8.78. The van der Waals surface area contributed by atoms with Gasteiger partial charge in [-0.15, -0.1) is 0 Å². The fraction of sp³-hybridized carbons (Fsp3) is 0.388. The second-order valence-corrected chi connectivity index (χ2v) is 22.9. The maximum atomic E-state index is 13.1. The van der Waals surface area contributed by atoms with E-state index in [1.165, 1.54) is 56.4 Å². The quantitative estimate of drug-likeness (QED) is 0.0714. The minimum absolute atomic E-state index is 0.00589. The molecule has 32 heteroatoms. The Morgan fingerprint density at radius 3 is 1.49 bits per heavy atom. The smallest absolute Gasteiger partial charge is 0.324 e. The summed E-state index contributed by atoms with van der Waals surface area (Å²) in [5.41, 5.74) is 1.03.